The summed E-state index contributed by atoms with van der Waals surface area (Å²) in [5.41, 5.74) is 0. The molecule has 0 bridgehead atoms. The molecule has 0 aliphatic carbocycles. The molecular weight excluding hydrogens is 376 g/mol. The third-order valence-electron chi connectivity index (χ3n) is 4.59. The lowest BCUT2D eigenvalue weighted by Crippen LogP contribution is -2.64. The van der Waals surface area contributed by atoms with Gasteiger partial charge in [0, 0.05) is 0 Å². The fourth-order valence-corrected chi connectivity index (χ4v) is 3.05. The summed E-state index contributed by atoms with van der Waals surface area (Å²) in [6, 6.07) is 0. The standard InChI is InChI=1S/C14H24O13/c15-2-5-7(20)12(24)14(3-16,26-5)27-13-10(23)8(21)9(22)11(25-13)4(17)1-6(18)19/h4-5,7-13,15-17,20-24H,1-3H2,(H,18,19)/t4?,5-,7-,8+,9+,10-,11-,12+,13-,14?/m1/s1. The Morgan fingerprint density at radius 1 is 1.04 bits per heavy atom. The van der Waals surface area contributed by atoms with Crippen LogP contribution < -0.4 is 0 Å². The molecule has 158 valence electrons. The van der Waals surface area contributed by atoms with Gasteiger partial charge in [-0.25, -0.2) is 0 Å². The predicted molar refractivity (Wildman–Crippen MR) is 79.8 cm³/mol. The highest BCUT2D eigenvalue weighted by Crippen LogP contribution is 2.36. The second-order valence-corrected chi connectivity index (χ2v) is 6.47. The van der Waals surface area contributed by atoms with E-state index in [1.165, 1.54) is 0 Å². The lowest BCUT2D eigenvalue weighted by Gasteiger charge is -2.44. The van der Waals surface area contributed by atoms with Gasteiger partial charge in [-0.1, -0.05) is 0 Å². The normalized spacial score (nSPS) is 46.4. The van der Waals surface area contributed by atoms with Crippen molar-refractivity contribution in [3.63, 3.8) is 0 Å². The molecule has 2 fully saturated rings. The van der Waals surface area contributed by atoms with Gasteiger partial charge in [-0.15, -0.1) is 0 Å². The van der Waals surface area contributed by atoms with Gasteiger partial charge < -0.3 is 60.2 Å². The zero-order chi connectivity index (χ0) is 20.5. The van der Waals surface area contributed by atoms with Crippen molar-refractivity contribution in [3.05, 3.63) is 0 Å². The van der Waals surface area contributed by atoms with Crippen LogP contribution in [0.25, 0.3) is 0 Å². The van der Waals surface area contributed by atoms with Crippen molar-refractivity contribution in [2.75, 3.05) is 13.2 Å². The molecule has 2 aliphatic rings. The van der Waals surface area contributed by atoms with Gasteiger partial charge in [0.1, 0.15) is 49.3 Å². The summed E-state index contributed by atoms with van der Waals surface area (Å²) in [4.78, 5) is 10.7. The Morgan fingerprint density at radius 2 is 1.67 bits per heavy atom. The number of aliphatic hydroxyl groups excluding tert-OH is 8. The van der Waals surface area contributed by atoms with Gasteiger partial charge in [0.05, 0.1) is 19.1 Å². The predicted octanol–water partition coefficient (Wildman–Crippen LogP) is -5.55. The van der Waals surface area contributed by atoms with E-state index in [0.717, 1.165) is 0 Å². The van der Waals surface area contributed by atoms with Crippen LogP contribution in [-0.2, 0) is 19.0 Å². The molecule has 0 aromatic heterocycles. The van der Waals surface area contributed by atoms with Crippen molar-refractivity contribution in [2.24, 2.45) is 0 Å². The highest BCUT2D eigenvalue weighted by molar-refractivity contribution is 5.67. The summed E-state index contributed by atoms with van der Waals surface area (Å²) in [5.74, 6) is -3.78. The summed E-state index contributed by atoms with van der Waals surface area (Å²) in [6.07, 6.45) is -16.9. The van der Waals surface area contributed by atoms with Crippen molar-refractivity contribution < 1.29 is 65.0 Å². The minimum absolute atomic E-state index is 0.737. The number of hydrogen-bond donors (Lipinski definition) is 9. The van der Waals surface area contributed by atoms with Gasteiger partial charge in [0.25, 0.3) is 0 Å². The van der Waals surface area contributed by atoms with E-state index < -0.39 is 86.5 Å². The lowest BCUT2D eigenvalue weighted by atomic mass is 9.94. The van der Waals surface area contributed by atoms with Crippen LogP contribution in [0.5, 0.6) is 0 Å². The molecule has 13 heteroatoms. The summed E-state index contributed by atoms with van der Waals surface area (Å²) in [6.45, 7) is -1.80. The molecule has 13 nitrogen and oxygen atoms in total. The summed E-state index contributed by atoms with van der Waals surface area (Å²) < 4.78 is 15.5. The zero-order valence-corrected chi connectivity index (χ0v) is 14.0. The van der Waals surface area contributed by atoms with Crippen LogP contribution in [0.1, 0.15) is 6.42 Å². The molecule has 0 spiro atoms. The van der Waals surface area contributed by atoms with Crippen LogP contribution in [0.2, 0.25) is 0 Å². The minimum atomic E-state index is -2.36. The van der Waals surface area contributed by atoms with Gasteiger partial charge in [-0.3, -0.25) is 4.79 Å². The van der Waals surface area contributed by atoms with E-state index in [1.54, 1.807) is 0 Å². The molecule has 0 saturated carbocycles. The van der Waals surface area contributed by atoms with E-state index >= 15 is 0 Å². The average Bonchev–Trinajstić information content (AvgIpc) is 2.86. The van der Waals surface area contributed by atoms with Crippen LogP contribution in [0.15, 0.2) is 0 Å². The second kappa shape index (κ2) is 8.59. The van der Waals surface area contributed by atoms with Crippen LogP contribution >= 0.6 is 0 Å². The van der Waals surface area contributed by atoms with E-state index in [4.69, 9.17) is 24.4 Å². The van der Waals surface area contributed by atoms with Crippen molar-refractivity contribution in [2.45, 2.75) is 67.3 Å². The molecule has 27 heavy (non-hydrogen) atoms. The first-order valence-electron chi connectivity index (χ1n) is 8.11. The van der Waals surface area contributed by atoms with E-state index in [0.29, 0.717) is 0 Å². The van der Waals surface area contributed by atoms with Gasteiger partial charge >= 0.3 is 5.97 Å². The smallest absolute Gasteiger partial charge is 0.306 e. The Kier molecular flexibility index (Phi) is 7.10. The fraction of sp³-hybridized carbons (Fsp3) is 0.929. The highest BCUT2D eigenvalue weighted by Gasteiger charge is 2.58. The Bertz CT molecular complexity index is 517. The first kappa shape index (κ1) is 22.3. The SMILES string of the molecule is O=C(O)CC(O)[C@H]1O[C@H](OC2(CO)O[C@H](CO)[C@@H](O)[C@@H]2O)[C@H](O)[C@@H](O)[C@@H]1O. The van der Waals surface area contributed by atoms with Gasteiger partial charge in [-0.2, -0.15) is 0 Å². The van der Waals surface area contributed by atoms with E-state index in [9.17, 15) is 40.5 Å². The van der Waals surface area contributed by atoms with Crippen molar-refractivity contribution >= 4 is 5.97 Å². The Hall–Kier alpha value is -0.970. The third kappa shape index (κ3) is 4.23. The molecule has 0 aromatic rings. The Balaban J connectivity index is 2.21. The third-order valence-corrected chi connectivity index (χ3v) is 4.59. The first-order valence-corrected chi connectivity index (χ1v) is 8.11. The Labute approximate surface area is 152 Å². The number of aliphatic hydroxyl groups is 8. The largest absolute Gasteiger partial charge is 0.481 e. The molecule has 0 radical (unpaired) electrons. The van der Waals surface area contributed by atoms with Crippen molar-refractivity contribution in [3.8, 4) is 0 Å². The van der Waals surface area contributed by atoms with Gasteiger partial charge in [-0.05, 0) is 0 Å². The molecule has 2 unspecified atom stereocenters. The molecular formula is C14H24O13. The van der Waals surface area contributed by atoms with E-state index in [2.05, 4.69) is 0 Å². The van der Waals surface area contributed by atoms with Crippen LogP contribution in [0.4, 0.5) is 0 Å². The minimum Gasteiger partial charge on any atom is -0.481 e. The second-order valence-electron chi connectivity index (χ2n) is 6.47. The molecule has 2 saturated heterocycles. The number of ether oxygens (including phenoxy) is 3. The molecule has 2 heterocycles. The number of carbonyl (C=O) groups is 1. The number of aliphatic carboxylic acids is 1. The molecule has 10 atom stereocenters. The maximum absolute atomic E-state index is 10.7. The molecule has 2 rings (SSSR count). The van der Waals surface area contributed by atoms with Gasteiger partial charge in [0.15, 0.2) is 6.29 Å². The number of hydrogen-bond acceptors (Lipinski definition) is 12. The fourth-order valence-electron chi connectivity index (χ4n) is 3.05. The topological polar surface area (TPSA) is 227 Å². The van der Waals surface area contributed by atoms with E-state index in [1.807, 2.05) is 0 Å². The highest BCUT2D eigenvalue weighted by atomic mass is 16.8. The molecule has 0 aromatic carbocycles. The Morgan fingerprint density at radius 3 is 2.15 bits per heavy atom. The molecule has 2 aliphatic heterocycles. The maximum atomic E-state index is 10.7. The maximum Gasteiger partial charge on any atom is 0.306 e. The summed E-state index contributed by atoms with van der Waals surface area (Å²) >= 11 is 0. The van der Waals surface area contributed by atoms with Gasteiger partial charge in [0.2, 0.25) is 5.79 Å². The summed E-state index contributed by atoms with van der Waals surface area (Å²) in [5, 5.41) is 87.1. The van der Waals surface area contributed by atoms with Crippen molar-refractivity contribution in [1.29, 1.82) is 0 Å². The van der Waals surface area contributed by atoms with Crippen LogP contribution in [-0.4, -0.2) is 126 Å². The van der Waals surface area contributed by atoms with Crippen molar-refractivity contribution in [1.82, 2.24) is 0 Å². The number of carboxylic acid groups (broad SMARTS) is 1. The number of rotatable bonds is 7. The van der Waals surface area contributed by atoms with E-state index in [-0.39, 0.29) is 0 Å². The van der Waals surface area contributed by atoms with Crippen LogP contribution in [0, 0.1) is 0 Å². The van der Waals surface area contributed by atoms with Crippen LogP contribution in [0.3, 0.4) is 0 Å². The lowest BCUT2D eigenvalue weighted by molar-refractivity contribution is -0.387. The average molecular weight is 400 g/mol. The quantitative estimate of drug-likeness (QED) is 0.194. The molecule has 0 amide bonds. The summed E-state index contributed by atoms with van der Waals surface area (Å²) in [7, 11) is 0. The first-order chi connectivity index (χ1) is 12.6. The molecule has 9 N–H and O–H groups in total. The number of carboxylic acids is 1. The zero-order valence-electron chi connectivity index (χ0n) is 14.0. The monoisotopic (exact) mass is 400 g/mol.